The Morgan fingerprint density at radius 1 is 0.337 bits per heavy atom. The molecule has 98 heavy (non-hydrogen) atoms. The first kappa shape index (κ1) is 78.7. The summed E-state index contributed by atoms with van der Waals surface area (Å²) in [5.41, 5.74) is 16.2. The van der Waals surface area contributed by atoms with Crippen molar-refractivity contribution in [2.45, 2.75) is 76.2 Å². The predicted octanol–water partition coefficient (Wildman–Crippen LogP) is 26.1. The molecule has 0 atom stereocenters. The third-order valence-electron chi connectivity index (χ3n) is 14.7. The lowest BCUT2D eigenvalue weighted by Crippen LogP contribution is -1.90. The quantitative estimate of drug-likeness (QED) is 0.123. The van der Waals surface area contributed by atoms with Gasteiger partial charge in [-0.3, -0.25) is 4.79 Å². The highest BCUT2D eigenvalue weighted by Crippen LogP contribution is 2.32. The first-order valence-electron chi connectivity index (χ1n) is 31.1. The molecule has 0 aliphatic heterocycles. The summed E-state index contributed by atoms with van der Waals surface area (Å²) in [5, 5.41) is 11.3. The number of hydrogen-bond acceptors (Lipinski definition) is 3. The first-order valence-corrected chi connectivity index (χ1v) is 32.3. The maximum Gasteiger partial charge on any atom is 0.167 e. The molecule has 0 aromatic heterocycles. The number of carbonyl (C=O) groups excluding carboxylic acids is 1. The molecule has 0 saturated carbocycles. The van der Waals surface area contributed by atoms with E-state index in [0.717, 1.165) is 71.2 Å². The second kappa shape index (κ2) is 39.9. The summed E-state index contributed by atoms with van der Waals surface area (Å²) in [6, 6.07) is 77.6. The van der Waals surface area contributed by atoms with Gasteiger partial charge in [0.15, 0.2) is 17.3 Å². The Kier molecular flexibility index (Phi) is 32.1. The lowest BCUT2D eigenvalue weighted by Gasteiger charge is -2.06. The van der Waals surface area contributed by atoms with E-state index in [1.165, 1.54) is 42.5 Å². The monoisotopic (exact) mass is 1380 g/mol. The summed E-state index contributed by atoms with van der Waals surface area (Å²) in [6.45, 7) is 20.6. The average molecular weight is 1380 g/mol. The average Bonchev–Trinajstić information content (AvgIpc) is 0.890. The molecule has 0 aliphatic carbocycles. The first-order chi connectivity index (χ1) is 46.7. The lowest BCUT2D eigenvalue weighted by molar-refractivity contribution is 0.101. The molecule has 0 N–H and O–H groups in total. The molecule has 502 valence electrons. The zero-order valence-electron chi connectivity index (χ0n) is 56.9. The zero-order valence-corrected chi connectivity index (χ0v) is 59.2. The van der Waals surface area contributed by atoms with Crippen molar-refractivity contribution in [3.8, 4) is 56.3 Å². The van der Waals surface area contributed by atoms with Crippen molar-refractivity contribution < 1.29 is 35.9 Å². The van der Waals surface area contributed by atoms with E-state index in [1.807, 2.05) is 126 Å². The van der Waals surface area contributed by atoms with Crippen molar-refractivity contribution in [2.24, 2.45) is 0 Å². The van der Waals surface area contributed by atoms with Crippen LogP contribution in [0.4, 0.5) is 26.3 Å². The number of nitrogens with zero attached hydrogens (tertiary/aromatic N) is 1. The van der Waals surface area contributed by atoms with E-state index in [2.05, 4.69) is 43.3 Å². The summed E-state index contributed by atoms with van der Waals surface area (Å²) < 4.78 is 84.4. The standard InChI is InChI=1S/C14H10FN.C13H10ClF.C13H11Cl.C13H10F2.C9H10O.C8H9Cl.C8H9FO.C8H9F/c1-10-6-7-12(11(8-10)9-16)13-4-2-3-5-14(13)15;1-9-6-7-10(12(14)8-9)11-4-2-3-5-13(11)15;1-10-7-8-12(13(14)9-10)11-5-3-2-4-6-11;1-9-6-7-11(13(15)8-9)10-4-2-3-5-12(10)14;1-7-4-3-5-9(6-7)8(2)10;1-6-3-4-8(9)7(2)5-6;1-6-4-3-5-7(10-2)8(6)9;1-6-4-3-5-7(2)8(6)9/h2-8H,1H3;2-8H,1H3;2-9H,1H3;2-8H,1H3;3-6H,1-2H3;3-5H,1-2H3;3-5H,1-2H3;3-5H,1-2H3. The fraction of sp³-hybridized carbons (Fsp3) is 0.140. The smallest absolute Gasteiger partial charge is 0.167 e. The SMILES string of the molecule is CC(=O)c1cccc(C)c1.COc1cccc(C)c1F.Cc1ccc(-c2ccccc2)c(Cl)c1.Cc1ccc(-c2ccccc2F)c(C#N)c1.Cc1ccc(-c2ccccc2F)c(Cl)c1.Cc1ccc(-c2ccccc2F)c(F)c1.Cc1ccc(Cl)c(C)c1.Cc1cccc(C)c1F. The third kappa shape index (κ3) is 24.9. The fourth-order valence-electron chi connectivity index (χ4n) is 9.40. The van der Waals surface area contributed by atoms with Gasteiger partial charge in [0.25, 0.3) is 0 Å². The maximum atomic E-state index is 13.6. The summed E-state index contributed by atoms with van der Waals surface area (Å²) in [7, 11) is 1.46. The number of rotatable bonds is 6. The van der Waals surface area contributed by atoms with Gasteiger partial charge in [-0.2, -0.15) is 5.26 Å². The third-order valence-corrected chi connectivity index (χ3v) is 15.8. The van der Waals surface area contributed by atoms with Gasteiger partial charge in [0.2, 0.25) is 0 Å². The molecule has 12 aromatic rings. The largest absolute Gasteiger partial charge is 0.494 e. The molecule has 0 aliphatic rings. The molecular weight excluding hydrogens is 1300 g/mol. The van der Waals surface area contributed by atoms with Gasteiger partial charge in [-0.05, 0) is 187 Å². The molecule has 0 spiro atoms. The van der Waals surface area contributed by atoms with Gasteiger partial charge < -0.3 is 4.74 Å². The zero-order chi connectivity index (χ0) is 72.0. The van der Waals surface area contributed by atoms with Crippen LogP contribution in [-0.4, -0.2) is 12.9 Å². The minimum atomic E-state index is -0.403. The molecule has 0 bridgehead atoms. The molecule has 0 fully saturated rings. The van der Waals surface area contributed by atoms with Crippen LogP contribution >= 0.6 is 34.8 Å². The van der Waals surface area contributed by atoms with E-state index in [0.29, 0.717) is 49.7 Å². The normalized spacial score (nSPS) is 9.92. The number of methoxy groups -OCH3 is 1. The van der Waals surface area contributed by atoms with E-state index < -0.39 is 5.82 Å². The molecule has 3 nitrogen and oxygen atoms in total. The van der Waals surface area contributed by atoms with E-state index in [-0.39, 0.29) is 34.9 Å². The summed E-state index contributed by atoms with van der Waals surface area (Å²) in [4.78, 5) is 10.8. The van der Waals surface area contributed by atoms with Crippen LogP contribution in [0.3, 0.4) is 0 Å². The molecular formula is C86H78Cl3F6NO2. The molecule has 0 amide bonds. The number of benzene rings is 12. The van der Waals surface area contributed by atoms with Crippen molar-refractivity contribution in [3.63, 3.8) is 0 Å². The van der Waals surface area contributed by atoms with Crippen molar-refractivity contribution in [3.05, 3.63) is 372 Å². The van der Waals surface area contributed by atoms with E-state index >= 15 is 0 Å². The van der Waals surface area contributed by atoms with Gasteiger partial charge in [-0.1, -0.05) is 240 Å². The van der Waals surface area contributed by atoms with Gasteiger partial charge in [0, 0.05) is 59.6 Å². The van der Waals surface area contributed by atoms with Crippen LogP contribution in [0.5, 0.6) is 5.75 Å². The van der Waals surface area contributed by atoms with Crippen LogP contribution in [0.2, 0.25) is 15.1 Å². The van der Waals surface area contributed by atoms with Gasteiger partial charge in [0.05, 0.1) is 18.7 Å². The molecule has 12 heteroatoms. The summed E-state index contributed by atoms with van der Waals surface area (Å²) in [5.74, 6) is -1.27. The maximum absolute atomic E-state index is 13.6. The van der Waals surface area contributed by atoms with Crippen LogP contribution in [0.1, 0.15) is 78.5 Å². The van der Waals surface area contributed by atoms with E-state index in [4.69, 9.17) is 44.8 Å². The fourth-order valence-corrected chi connectivity index (χ4v) is 10.2. The molecule has 0 saturated heterocycles. The van der Waals surface area contributed by atoms with Gasteiger partial charge in [-0.25, -0.2) is 26.3 Å². The van der Waals surface area contributed by atoms with E-state index in [9.17, 15) is 31.1 Å². The van der Waals surface area contributed by atoms with Crippen molar-refractivity contribution in [1.82, 2.24) is 0 Å². The Bertz CT molecular complexity index is 4510. The van der Waals surface area contributed by atoms with Crippen LogP contribution in [0, 0.1) is 115 Å². The number of nitriles is 1. The second-order valence-electron chi connectivity index (χ2n) is 22.9. The van der Waals surface area contributed by atoms with Crippen LogP contribution in [0.25, 0.3) is 44.5 Å². The molecule has 12 aromatic carbocycles. The van der Waals surface area contributed by atoms with Crippen molar-refractivity contribution in [1.29, 1.82) is 5.26 Å². The number of aryl methyl sites for hydroxylation is 10. The number of hydrogen-bond donors (Lipinski definition) is 0. The Morgan fingerprint density at radius 2 is 0.724 bits per heavy atom. The second-order valence-corrected chi connectivity index (χ2v) is 24.1. The molecule has 0 heterocycles. The number of halogens is 9. The predicted molar refractivity (Wildman–Crippen MR) is 397 cm³/mol. The number of Topliss-reactive ketones (excluding diaryl/α,β-unsaturated/α-hetero) is 1. The Labute approximate surface area is 589 Å². The van der Waals surface area contributed by atoms with Gasteiger partial charge in [-0.15, -0.1) is 0 Å². The minimum absolute atomic E-state index is 0.0856. The van der Waals surface area contributed by atoms with Gasteiger partial charge in [0.1, 0.15) is 29.1 Å². The Hall–Kier alpha value is -9.95. The highest BCUT2D eigenvalue weighted by molar-refractivity contribution is 6.34. The number of ketones is 1. The van der Waals surface area contributed by atoms with Gasteiger partial charge >= 0.3 is 0 Å². The topological polar surface area (TPSA) is 50.1 Å². The highest BCUT2D eigenvalue weighted by atomic mass is 35.5. The van der Waals surface area contributed by atoms with Crippen LogP contribution in [0.15, 0.2) is 255 Å². The summed E-state index contributed by atoms with van der Waals surface area (Å²) >= 11 is 18.0. The lowest BCUT2D eigenvalue weighted by atomic mass is 9.98. The minimum Gasteiger partial charge on any atom is -0.494 e. The number of carbonyl (C=O) groups is 1. The molecule has 0 radical (unpaired) electrons. The van der Waals surface area contributed by atoms with Crippen molar-refractivity contribution in [2.75, 3.05) is 7.11 Å². The molecule has 12 rings (SSSR count). The Balaban J connectivity index is 0.000000204. The van der Waals surface area contributed by atoms with Crippen molar-refractivity contribution >= 4 is 40.6 Å². The number of ether oxygens (including phenoxy) is 1. The highest BCUT2D eigenvalue weighted by Gasteiger charge is 2.12. The Morgan fingerprint density at radius 3 is 1.15 bits per heavy atom. The van der Waals surface area contributed by atoms with Crippen LogP contribution < -0.4 is 4.74 Å². The summed E-state index contributed by atoms with van der Waals surface area (Å²) in [6.07, 6.45) is 0. The van der Waals surface area contributed by atoms with Crippen LogP contribution in [-0.2, 0) is 0 Å². The van der Waals surface area contributed by atoms with E-state index in [1.54, 1.807) is 144 Å². The molecule has 0 unspecified atom stereocenters.